The number of pyridine rings is 2. The lowest BCUT2D eigenvalue weighted by molar-refractivity contribution is -0.0261. The SMILES string of the molecule is CC(C)CC(C)(OC(=O)c1ccccc1)c1nc2c([nH]1)c(Cl)nc1ccccc12.CC(C)Cn1c(C(C)O)nc2c(N)nc3ccccc3c21. The Hall–Kier alpha value is -5.06. The average Bonchev–Trinajstić information content (AvgIpc) is 3.70. The number of halogens is 1. The number of rotatable bonds is 8. The molecule has 7 rings (SSSR count). The lowest BCUT2D eigenvalue weighted by Gasteiger charge is -2.29. The van der Waals surface area contributed by atoms with E-state index in [2.05, 4.69) is 52.2 Å². The molecule has 7 aromatic rings. The van der Waals surface area contributed by atoms with Gasteiger partial charge in [0.1, 0.15) is 28.5 Å². The van der Waals surface area contributed by atoms with Crippen molar-refractivity contribution in [3.05, 3.63) is 101 Å². The number of nitrogens with zero attached hydrogens (tertiary/aromatic N) is 5. The molecule has 0 saturated heterocycles. The number of H-pyrrole nitrogens is 1. The van der Waals surface area contributed by atoms with Crippen molar-refractivity contribution >= 4 is 67.3 Å². The predicted molar refractivity (Wildman–Crippen MR) is 200 cm³/mol. The fraction of sp³-hybridized carbons (Fsp3) is 0.308. The maximum atomic E-state index is 12.8. The summed E-state index contributed by atoms with van der Waals surface area (Å²) in [5.41, 5.74) is 10.3. The van der Waals surface area contributed by atoms with Gasteiger partial charge in [-0.2, -0.15) is 0 Å². The van der Waals surface area contributed by atoms with E-state index in [1.807, 2.05) is 73.7 Å². The van der Waals surface area contributed by atoms with Gasteiger partial charge in [0.05, 0.1) is 22.1 Å². The van der Waals surface area contributed by atoms with E-state index >= 15 is 0 Å². The summed E-state index contributed by atoms with van der Waals surface area (Å²) in [6.07, 6.45) is -0.0386. The molecular formula is C39H42ClN7O3. The molecule has 4 N–H and O–H groups in total. The number of imidazole rings is 2. The molecule has 0 aliphatic heterocycles. The Bertz CT molecular complexity index is 2310. The van der Waals surface area contributed by atoms with Gasteiger partial charge >= 0.3 is 5.97 Å². The molecule has 2 atom stereocenters. The van der Waals surface area contributed by atoms with Crippen LogP contribution in [0, 0.1) is 11.8 Å². The van der Waals surface area contributed by atoms with Crippen molar-refractivity contribution in [3.8, 4) is 0 Å². The smallest absolute Gasteiger partial charge is 0.339 e. The zero-order valence-electron chi connectivity index (χ0n) is 29.1. The minimum Gasteiger partial charge on any atom is -0.448 e. The largest absolute Gasteiger partial charge is 0.448 e. The van der Waals surface area contributed by atoms with E-state index in [9.17, 15) is 9.90 Å². The van der Waals surface area contributed by atoms with E-state index in [4.69, 9.17) is 27.1 Å². The summed E-state index contributed by atoms with van der Waals surface area (Å²) in [5, 5.41) is 12.3. The van der Waals surface area contributed by atoms with Crippen molar-refractivity contribution in [2.45, 2.75) is 66.2 Å². The van der Waals surface area contributed by atoms with Crippen LogP contribution < -0.4 is 5.73 Å². The lowest BCUT2D eigenvalue weighted by Crippen LogP contribution is -2.32. The average molecular weight is 692 g/mol. The molecule has 0 aliphatic carbocycles. The Morgan fingerprint density at radius 3 is 2.12 bits per heavy atom. The molecule has 11 heteroatoms. The van der Waals surface area contributed by atoms with E-state index in [1.165, 1.54) is 0 Å². The molecule has 4 heterocycles. The van der Waals surface area contributed by atoms with Gasteiger partial charge in [-0.3, -0.25) is 0 Å². The summed E-state index contributed by atoms with van der Waals surface area (Å²) >= 11 is 6.42. The number of carbonyl (C=O) groups excluding carboxylic acids is 1. The van der Waals surface area contributed by atoms with Crippen molar-refractivity contribution in [2.75, 3.05) is 5.73 Å². The van der Waals surface area contributed by atoms with Crippen LogP contribution in [-0.2, 0) is 16.9 Å². The summed E-state index contributed by atoms with van der Waals surface area (Å²) in [5.74, 6) is 1.95. The second kappa shape index (κ2) is 14.0. The fourth-order valence-electron chi connectivity index (χ4n) is 6.45. The minimum atomic E-state index is -0.940. The summed E-state index contributed by atoms with van der Waals surface area (Å²) < 4.78 is 8.08. The van der Waals surface area contributed by atoms with E-state index < -0.39 is 11.7 Å². The molecule has 10 nitrogen and oxygen atoms in total. The Morgan fingerprint density at radius 2 is 1.48 bits per heavy atom. The van der Waals surface area contributed by atoms with Crippen molar-refractivity contribution < 1.29 is 14.6 Å². The van der Waals surface area contributed by atoms with Crippen molar-refractivity contribution in [1.82, 2.24) is 29.5 Å². The number of aromatic amines is 1. The third-order valence-electron chi connectivity index (χ3n) is 8.48. The van der Waals surface area contributed by atoms with Gasteiger partial charge in [-0.05, 0) is 56.4 Å². The van der Waals surface area contributed by atoms with Gasteiger partial charge in [-0.1, -0.05) is 93.9 Å². The maximum absolute atomic E-state index is 12.8. The molecule has 0 saturated carbocycles. The first-order valence-corrected chi connectivity index (χ1v) is 17.2. The number of anilines is 1. The normalized spacial score (nSPS) is 13.6. The van der Waals surface area contributed by atoms with Crippen molar-refractivity contribution in [3.63, 3.8) is 0 Å². The number of benzene rings is 3. The van der Waals surface area contributed by atoms with Crippen molar-refractivity contribution in [1.29, 1.82) is 0 Å². The summed E-state index contributed by atoms with van der Waals surface area (Å²) in [6.45, 7) is 12.8. The van der Waals surface area contributed by atoms with Gasteiger partial charge in [-0.15, -0.1) is 0 Å². The Balaban J connectivity index is 0.000000182. The number of aliphatic hydroxyl groups is 1. The number of carbonyl (C=O) groups is 1. The van der Waals surface area contributed by atoms with E-state index in [-0.39, 0.29) is 11.9 Å². The van der Waals surface area contributed by atoms with Crippen LogP contribution >= 0.6 is 11.6 Å². The van der Waals surface area contributed by atoms with Crippen LogP contribution in [0.5, 0.6) is 0 Å². The highest BCUT2D eigenvalue weighted by Crippen LogP contribution is 2.36. The Morgan fingerprint density at radius 1 is 0.860 bits per heavy atom. The maximum Gasteiger partial charge on any atom is 0.339 e. The molecule has 258 valence electrons. The van der Waals surface area contributed by atoms with Gasteiger partial charge in [0.2, 0.25) is 0 Å². The molecule has 0 amide bonds. The number of nitrogen functional groups attached to an aromatic ring is 1. The Kier molecular flexibility index (Phi) is 9.78. The van der Waals surface area contributed by atoms with Gasteiger partial charge in [0.25, 0.3) is 0 Å². The van der Waals surface area contributed by atoms with Gasteiger partial charge in [0, 0.05) is 17.3 Å². The number of nitrogens with one attached hydrogen (secondary N) is 1. The van der Waals surface area contributed by atoms with Crippen LogP contribution in [0.4, 0.5) is 5.82 Å². The number of aromatic nitrogens is 6. The molecule has 50 heavy (non-hydrogen) atoms. The zero-order chi connectivity index (χ0) is 35.7. The van der Waals surface area contributed by atoms with E-state index in [0.29, 0.717) is 51.6 Å². The highest BCUT2D eigenvalue weighted by molar-refractivity contribution is 6.35. The molecule has 3 aromatic carbocycles. The van der Waals surface area contributed by atoms with Gasteiger partial charge in [-0.25, -0.2) is 24.7 Å². The standard InChI is InChI=1S/C23H22ClN3O2.C16H20N4O/c1-14(2)13-23(3,29-21(28)15-9-5-4-6-10-15)22-26-18-16-11-7-8-12-17(16)25-20(24)19(18)27-22;1-9(2)8-20-14-11-6-4-5-7-12(11)18-15(17)13(14)19-16(20)10(3)21/h4-12,14H,13H2,1-3H3,(H,26,27);4-7,9-10,21H,8H2,1-3H3,(H2,17,18). The molecule has 2 unspecified atom stereocenters. The number of para-hydroxylation sites is 2. The molecule has 0 aliphatic rings. The van der Waals surface area contributed by atoms with Crippen molar-refractivity contribution in [2.24, 2.45) is 11.8 Å². The summed E-state index contributed by atoms with van der Waals surface area (Å²) in [6, 6.07) is 24.6. The van der Waals surface area contributed by atoms with Gasteiger partial charge < -0.3 is 25.1 Å². The number of fused-ring (bicyclic) bond motifs is 6. The van der Waals surface area contributed by atoms with Crippen LogP contribution in [0.2, 0.25) is 5.15 Å². The van der Waals surface area contributed by atoms with Crippen LogP contribution in [0.25, 0.3) is 43.9 Å². The number of esters is 1. The lowest BCUT2D eigenvalue weighted by atomic mass is 9.93. The zero-order valence-corrected chi connectivity index (χ0v) is 29.9. The fourth-order valence-corrected chi connectivity index (χ4v) is 6.68. The third kappa shape index (κ3) is 6.86. The molecule has 0 spiro atoms. The van der Waals surface area contributed by atoms with Crippen LogP contribution in [0.15, 0.2) is 78.9 Å². The Labute approximate surface area is 295 Å². The first kappa shape index (κ1) is 34.8. The predicted octanol–water partition coefficient (Wildman–Crippen LogP) is 8.76. The van der Waals surface area contributed by atoms with E-state index in [0.717, 1.165) is 39.4 Å². The second-order valence-corrected chi connectivity index (χ2v) is 14.0. The minimum absolute atomic E-state index is 0.280. The topological polar surface area (TPSA) is 145 Å². The highest BCUT2D eigenvalue weighted by Gasteiger charge is 2.36. The third-order valence-corrected chi connectivity index (χ3v) is 8.75. The van der Waals surface area contributed by atoms with E-state index in [1.54, 1.807) is 19.1 Å². The number of ether oxygens (including phenoxy) is 1. The quantitative estimate of drug-likeness (QED) is 0.106. The first-order chi connectivity index (χ1) is 23.9. The molecule has 0 bridgehead atoms. The van der Waals surface area contributed by atoms with Gasteiger partial charge in [0.15, 0.2) is 22.4 Å². The van der Waals surface area contributed by atoms with Crippen LogP contribution in [-0.4, -0.2) is 40.6 Å². The molecular weight excluding hydrogens is 650 g/mol. The summed E-state index contributed by atoms with van der Waals surface area (Å²) in [7, 11) is 0. The monoisotopic (exact) mass is 691 g/mol. The van der Waals surface area contributed by atoms with Crippen LogP contribution in [0.3, 0.4) is 0 Å². The molecule has 0 radical (unpaired) electrons. The highest BCUT2D eigenvalue weighted by atomic mass is 35.5. The number of nitrogens with two attached hydrogens (primary N) is 1. The van der Waals surface area contributed by atoms with Crippen LogP contribution in [0.1, 0.15) is 76.1 Å². The summed E-state index contributed by atoms with van der Waals surface area (Å²) in [4.78, 5) is 34.3. The number of hydrogen-bond donors (Lipinski definition) is 3. The first-order valence-electron chi connectivity index (χ1n) is 16.8. The molecule has 0 fully saturated rings. The second-order valence-electron chi connectivity index (χ2n) is 13.7. The number of aliphatic hydroxyl groups excluding tert-OH is 1. The molecule has 4 aromatic heterocycles. The number of hydrogen-bond acceptors (Lipinski definition) is 8.